The Morgan fingerprint density at radius 2 is 1.97 bits per heavy atom. The summed E-state index contributed by atoms with van der Waals surface area (Å²) >= 11 is 0. The van der Waals surface area contributed by atoms with E-state index in [0.29, 0.717) is 12.0 Å². The summed E-state index contributed by atoms with van der Waals surface area (Å²) in [7, 11) is 1.23. The van der Waals surface area contributed by atoms with Crippen LogP contribution < -0.4 is 0 Å². The predicted molar refractivity (Wildman–Crippen MR) is 107 cm³/mol. The van der Waals surface area contributed by atoms with Crippen molar-refractivity contribution in [1.82, 2.24) is 4.90 Å². The Hall–Kier alpha value is -2.90. The zero-order chi connectivity index (χ0) is 21.3. The van der Waals surface area contributed by atoms with Gasteiger partial charge in [0, 0.05) is 12.1 Å². The Bertz CT molecular complexity index is 870. The van der Waals surface area contributed by atoms with Crippen LogP contribution in [0.3, 0.4) is 0 Å². The Kier molecular flexibility index (Phi) is 5.64. The second kappa shape index (κ2) is 7.85. The fourth-order valence-electron chi connectivity index (χ4n) is 4.03. The molecule has 1 fully saturated rings. The predicted octanol–water partition coefficient (Wildman–Crippen LogP) is 4.33. The van der Waals surface area contributed by atoms with Crippen LogP contribution in [-0.4, -0.2) is 46.7 Å². The highest BCUT2D eigenvalue weighted by molar-refractivity contribution is 5.91. The molecule has 2 aliphatic heterocycles. The topological polar surface area (TPSA) is 99.0 Å². The summed E-state index contributed by atoms with van der Waals surface area (Å²) in [5, 5.41) is 11.6. The molecule has 29 heavy (non-hydrogen) atoms. The van der Waals surface area contributed by atoms with E-state index in [2.05, 4.69) is 4.74 Å². The van der Waals surface area contributed by atoms with Crippen LogP contribution in [0.1, 0.15) is 62.4 Å². The van der Waals surface area contributed by atoms with E-state index in [1.165, 1.54) is 19.2 Å². The fraction of sp³-hybridized carbons (Fsp3) is 0.524. The number of hydrogen-bond acceptors (Lipinski definition) is 6. The normalized spacial score (nSPS) is 21.2. The highest BCUT2D eigenvalue weighted by Gasteiger charge is 2.40. The Labute approximate surface area is 169 Å². The second-order valence-electron chi connectivity index (χ2n) is 8.42. The monoisotopic (exact) mass is 402 g/mol. The molecule has 1 aromatic carbocycles. The summed E-state index contributed by atoms with van der Waals surface area (Å²) in [6, 6.07) is 4.15. The van der Waals surface area contributed by atoms with Crippen LogP contribution in [0.15, 0.2) is 24.3 Å². The van der Waals surface area contributed by atoms with E-state index in [4.69, 9.17) is 4.74 Å². The van der Waals surface area contributed by atoms with Crippen molar-refractivity contribution in [3.8, 4) is 0 Å². The molecule has 2 atom stereocenters. The number of nitro benzene ring substituents is 1. The first kappa shape index (κ1) is 20.8. The van der Waals surface area contributed by atoms with E-state index in [1.807, 2.05) is 26.8 Å². The number of methoxy groups -OCH3 is 1. The standard InChI is InChI=1S/C21H26N2O6/c1-21(2,3)29-20(25)22-15-6-5-7-16(22)11-14(10-15)17-9-8-13(19(24)28-4)12-18(17)23(26)27/h8-10,12,15-16H,5-7,11H2,1-4H3. The molecule has 2 heterocycles. The van der Waals surface area contributed by atoms with Crippen molar-refractivity contribution >= 4 is 23.3 Å². The van der Waals surface area contributed by atoms with Crippen LogP contribution in [0.25, 0.3) is 5.57 Å². The fourth-order valence-corrected chi connectivity index (χ4v) is 4.03. The average molecular weight is 402 g/mol. The summed E-state index contributed by atoms with van der Waals surface area (Å²) in [4.78, 5) is 37.4. The SMILES string of the molecule is COC(=O)c1ccc(C2=CC3CCCC(C2)N3C(=O)OC(C)(C)C)c([N+](=O)[O-])c1. The molecule has 2 bridgehead atoms. The number of rotatable bonds is 3. The molecule has 0 aromatic heterocycles. The van der Waals surface area contributed by atoms with Crippen molar-refractivity contribution in [3.63, 3.8) is 0 Å². The zero-order valence-corrected chi connectivity index (χ0v) is 17.1. The van der Waals surface area contributed by atoms with E-state index in [9.17, 15) is 19.7 Å². The van der Waals surface area contributed by atoms with Gasteiger partial charge in [-0.1, -0.05) is 6.08 Å². The highest BCUT2D eigenvalue weighted by Crippen LogP contribution is 2.40. The molecule has 2 aliphatic rings. The van der Waals surface area contributed by atoms with Gasteiger partial charge in [0.1, 0.15) is 5.60 Å². The lowest BCUT2D eigenvalue weighted by atomic mass is 9.82. The van der Waals surface area contributed by atoms with E-state index in [0.717, 1.165) is 24.8 Å². The molecule has 8 heteroatoms. The minimum Gasteiger partial charge on any atom is -0.465 e. The molecule has 0 radical (unpaired) electrons. The Morgan fingerprint density at radius 3 is 2.55 bits per heavy atom. The number of hydrogen-bond donors (Lipinski definition) is 0. The molecular weight excluding hydrogens is 376 g/mol. The molecule has 1 amide bonds. The van der Waals surface area contributed by atoms with E-state index >= 15 is 0 Å². The smallest absolute Gasteiger partial charge is 0.411 e. The van der Waals surface area contributed by atoms with Gasteiger partial charge < -0.3 is 9.47 Å². The number of nitro groups is 1. The molecule has 3 rings (SSSR count). The molecule has 1 aromatic rings. The lowest BCUT2D eigenvalue weighted by Crippen LogP contribution is -2.53. The third kappa shape index (κ3) is 4.41. The minimum atomic E-state index is -0.620. The molecule has 1 saturated heterocycles. The van der Waals surface area contributed by atoms with Crippen LogP contribution >= 0.6 is 0 Å². The number of amides is 1. The zero-order valence-electron chi connectivity index (χ0n) is 17.1. The quantitative estimate of drug-likeness (QED) is 0.424. The van der Waals surface area contributed by atoms with Crippen molar-refractivity contribution in [1.29, 1.82) is 0 Å². The number of piperidine rings is 1. The van der Waals surface area contributed by atoms with Crippen LogP contribution in [0, 0.1) is 10.1 Å². The molecule has 0 saturated carbocycles. The van der Waals surface area contributed by atoms with Crippen molar-refractivity contribution in [2.75, 3.05) is 7.11 Å². The number of carbonyl (C=O) groups excluding carboxylic acids is 2. The summed E-state index contributed by atoms with van der Waals surface area (Å²) in [5.41, 5.74) is 0.710. The molecule has 0 spiro atoms. The molecule has 8 nitrogen and oxygen atoms in total. The van der Waals surface area contributed by atoms with Crippen molar-refractivity contribution < 1.29 is 24.0 Å². The van der Waals surface area contributed by atoms with Gasteiger partial charge in [0.15, 0.2) is 0 Å². The molecule has 156 valence electrons. The lowest BCUT2D eigenvalue weighted by Gasteiger charge is -2.45. The maximum atomic E-state index is 12.7. The van der Waals surface area contributed by atoms with Gasteiger partial charge in [-0.3, -0.25) is 15.0 Å². The molecular formula is C21H26N2O6. The van der Waals surface area contributed by atoms with Gasteiger partial charge in [-0.05, 0) is 64.2 Å². The summed E-state index contributed by atoms with van der Waals surface area (Å²) in [5.74, 6) is -0.620. The Morgan fingerprint density at radius 1 is 1.24 bits per heavy atom. The number of nitrogens with zero attached hydrogens (tertiary/aromatic N) is 2. The van der Waals surface area contributed by atoms with Gasteiger partial charge in [0.05, 0.1) is 29.2 Å². The number of ether oxygens (including phenoxy) is 2. The summed E-state index contributed by atoms with van der Waals surface area (Å²) in [6.45, 7) is 5.49. The van der Waals surface area contributed by atoms with Crippen LogP contribution in [0.5, 0.6) is 0 Å². The van der Waals surface area contributed by atoms with Gasteiger partial charge in [-0.2, -0.15) is 0 Å². The Balaban J connectivity index is 1.96. The number of fused-ring (bicyclic) bond motifs is 2. The van der Waals surface area contributed by atoms with Crippen molar-refractivity contribution in [2.24, 2.45) is 0 Å². The van der Waals surface area contributed by atoms with Gasteiger partial charge >= 0.3 is 12.1 Å². The number of carbonyl (C=O) groups is 2. The highest BCUT2D eigenvalue weighted by atomic mass is 16.6. The summed E-state index contributed by atoms with van der Waals surface area (Å²) < 4.78 is 10.2. The number of esters is 1. The lowest BCUT2D eigenvalue weighted by molar-refractivity contribution is -0.385. The van der Waals surface area contributed by atoms with Crippen LogP contribution in [-0.2, 0) is 9.47 Å². The first-order valence-electron chi connectivity index (χ1n) is 9.70. The van der Waals surface area contributed by atoms with Crippen molar-refractivity contribution in [3.05, 3.63) is 45.5 Å². The van der Waals surface area contributed by atoms with Gasteiger partial charge in [0.2, 0.25) is 0 Å². The maximum absolute atomic E-state index is 12.7. The summed E-state index contributed by atoms with van der Waals surface area (Å²) in [6.07, 6.45) is 4.68. The van der Waals surface area contributed by atoms with Gasteiger partial charge in [-0.15, -0.1) is 0 Å². The van der Waals surface area contributed by atoms with Gasteiger partial charge in [-0.25, -0.2) is 9.59 Å². The van der Waals surface area contributed by atoms with Gasteiger partial charge in [0.25, 0.3) is 5.69 Å². The first-order valence-corrected chi connectivity index (χ1v) is 9.70. The average Bonchev–Trinajstić information content (AvgIpc) is 2.64. The largest absolute Gasteiger partial charge is 0.465 e. The first-order chi connectivity index (χ1) is 13.6. The third-order valence-electron chi connectivity index (χ3n) is 5.20. The van der Waals surface area contributed by atoms with Crippen molar-refractivity contribution in [2.45, 2.75) is 64.1 Å². The molecule has 0 aliphatic carbocycles. The van der Waals surface area contributed by atoms with E-state index < -0.39 is 16.5 Å². The maximum Gasteiger partial charge on any atom is 0.411 e. The molecule has 0 N–H and O–H groups in total. The van der Waals surface area contributed by atoms with Crippen LogP contribution in [0.4, 0.5) is 10.5 Å². The second-order valence-corrected chi connectivity index (χ2v) is 8.42. The molecule has 2 unspecified atom stereocenters. The van der Waals surface area contributed by atoms with E-state index in [1.54, 1.807) is 11.0 Å². The third-order valence-corrected chi connectivity index (χ3v) is 5.20. The minimum absolute atomic E-state index is 0.0662. The van der Waals surface area contributed by atoms with E-state index in [-0.39, 0.29) is 29.4 Å². The number of benzene rings is 1. The van der Waals surface area contributed by atoms with Crippen LogP contribution in [0.2, 0.25) is 0 Å².